The molecule has 116 valence electrons. The van der Waals surface area contributed by atoms with E-state index in [9.17, 15) is 4.79 Å². The van der Waals surface area contributed by atoms with Gasteiger partial charge < -0.3 is 9.64 Å². The van der Waals surface area contributed by atoms with Gasteiger partial charge in [0, 0.05) is 12.2 Å². The number of para-hydroxylation sites is 1. The molecule has 1 amide bonds. The van der Waals surface area contributed by atoms with Crippen molar-refractivity contribution in [2.24, 2.45) is 0 Å². The van der Waals surface area contributed by atoms with Crippen molar-refractivity contribution in [1.82, 2.24) is 0 Å². The van der Waals surface area contributed by atoms with Crippen LogP contribution in [0.3, 0.4) is 0 Å². The molecule has 0 spiro atoms. The zero-order valence-electron chi connectivity index (χ0n) is 13.5. The smallest absolute Gasteiger partial charge is 0.267 e. The van der Waals surface area contributed by atoms with Crippen LogP contribution in [0.1, 0.15) is 25.8 Å². The third kappa shape index (κ3) is 4.10. The number of rotatable bonds is 6. The van der Waals surface area contributed by atoms with Crippen molar-refractivity contribution in [3.63, 3.8) is 0 Å². The Morgan fingerprint density at radius 3 is 2.50 bits per heavy atom. The van der Waals surface area contributed by atoms with Crippen molar-refractivity contribution in [2.75, 3.05) is 11.4 Å². The van der Waals surface area contributed by atoms with Gasteiger partial charge in [-0.25, -0.2) is 0 Å². The minimum atomic E-state index is -0.519. The van der Waals surface area contributed by atoms with Crippen molar-refractivity contribution in [2.45, 2.75) is 33.3 Å². The number of hydrogen-bond acceptors (Lipinski definition) is 2. The van der Waals surface area contributed by atoms with E-state index in [-0.39, 0.29) is 5.91 Å². The summed E-state index contributed by atoms with van der Waals surface area (Å²) in [6.07, 6.45) is 0.382. The predicted octanol–water partition coefficient (Wildman–Crippen LogP) is 4.21. The Morgan fingerprint density at radius 2 is 1.86 bits per heavy atom. The monoisotopic (exact) mass is 297 g/mol. The molecule has 0 unspecified atom stereocenters. The number of hydrogen-bond donors (Lipinski definition) is 0. The zero-order chi connectivity index (χ0) is 15.9. The molecule has 0 fully saturated rings. The first-order chi connectivity index (χ1) is 10.6. The van der Waals surface area contributed by atoms with Crippen molar-refractivity contribution >= 4 is 11.6 Å². The lowest BCUT2D eigenvalue weighted by Crippen LogP contribution is -2.41. The molecule has 3 nitrogen and oxygen atoms in total. The van der Waals surface area contributed by atoms with Gasteiger partial charge in [-0.1, -0.05) is 37.3 Å². The highest BCUT2D eigenvalue weighted by Gasteiger charge is 2.23. The van der Waals surface area contributed by atoms with Crippen molar-refractivity contribution < 1.29 is 9.53 Å². The van der Waals surface area contributed by atoms with E-state index in [0.717, 1.165) is 17.7 Å². The van der Waals surface area contributed by atoms with Crippen LogP contribution in [0.4, 0.5) is 5.69 Å². The number of carbonyl (C=O) groups excluding carboxylic acids is 1. The Labute approximate surface area is 132 Å². The number of aryl methyl sites for hydroxylation is 1. The average molecular weight is 297 g/mol. The molecule has 3 heteroatoms. The maximum Gasteiger partial charge on any atom is 0.267 e. The van der Waals surface area contributed by atoms with Crippen LogP contribution < -0.4 is 9.64 Å². The average Bonchev–Trinajstić information content (AvgIpc) is 2.53. The fraction of sp³-hybridized carbons (Fsp3) is 0.316. The van der Waals surface area contributed by atoms with Gasteiger partial charge in [0.2, 0.25) is 0 Å². The minimum Gasteiger partial charge on any atom is -0.481 e. The van der Waals surface area contributed by atoms with E-state index < -0.39 is 6.10 Å². The quantitative estimate of drug-likeness (QED) is 0.799. The van der Waals surface area contributed by atoms with E-state index in [2.05, 4.69) is 6.92 Å². The lowest BCUT2D eigenvalue weighted by molar-refractivity contribution is -0.124. The summed E-state index contributed by atoms with van der Waals surface area (Å²) >= 11 is 0. The first-order valence-corrected chi connectivity index (χ1v) is 7.71. The zero-order valence-corrected chi connectivity index (χ0v) is 13.5. The van der Waals surface area contributed by atoms with Gasteiger partial charge in [-0.05, 0) is 50.1 Å². The number of carbonyl (C=O) groups is 1. The maximum atomic E-state index is 12.8. The van der Waals surface area contributed by atoms with Crippen LogP contribution in [0.5, 0.6) is 5.75 Å². The molecule has 0 aliphatic heterocycles. The standard InChI is InChI=1S/C19H23NO2/c1-4-13-20(17-10-8-9-15(2)14-17)19(21)16(3)22-18-11-6-5-7-12-18/h5-12,14,16H,4,13H2,1-3H3/t16-/m0/s1. The Kier molecular flexibility index (Phi) is 5.59. The van der Waals surface area contributed by atoms with Gasteiger partial charge in [0.25, 0.3) is 5.91 Å². The highest BCUT2D eigenvalue weighted by molar-refractivity contribution is 5.96. The molecule has 0 aromatic heterocycles. The van der Waals surface area contributed by atoms with Crippen LogP contribution in [-0.4, -0.2) is 18.6 Å². The van der Waals surface area contributed by atoms with Crippen LogP contribution >= 0.6 is 0 Å². The molecule has 0 heterocycles. The first kappa shape index (κ1) is 16.1. The molecule has 2 aromatic carbocycles. The Hall–Kier alpha value is -2.29. The summed E-state index contributed by atoms with van der Waals surface area (Å²) in [7, 11) is 0. The summed E-state index contributed by atoms with van der Waals surface area (Å²) in [5.41, 5.74) is 2.07. The molecule has 0 radical (unpaired) electrons. The van der Waals surface area contributed by atoms with Crippen molar-refractivity contribution in [3.8, 4) is 5.75 Å². The van der Waals surface area contributed by atoms with Gasteiger partial charge in [-0.15, -0.1) is 0 Å². The maximum absolute atomic E-state index is 12.8. The van der Waals surface area contributed by atoms with Crippen LogP contribution in [0.15, 0.2) is 54.6 Å². The molecule has 2 aromatic rings. The molecule has 2 rings (SSSR count). The molecule has 0 bridgehead atoms. The molecule has 0 saturated heterocycles. The third-order valence-corrected chi connectivity index (χ3v) is 3.43. The molecule has 22 heavy (non-hydrogen) atoms. The van der Waals surface area contributed by atoms with E-state index in [1.165, 1.54) is 0 Å². The first-order valence-electron chi connectivity index (χ1n) is 7.71. The Morgan fingerprint density at radius 1 is 1.14 bits per heavy atom. The molecule has 0 aliphatic carbocycles. The van der Waals surface area contributed by atoms with Crippen LogP contribution in [0.2, 0.25) is 0 Å². The Balaban J connectivity index is 2.15. The van der Waals surface area contributed by atoms with Crippen molar-refractivity contribution in [1.29, 1.82) is 0 Å². The minimum absolute atomic E-state index is 0.0173. The van der Waals surface area contributed by atoms with E-state index in [4.69, 9.17) is 4.74 Å². The lowest BCUT2D eigenvalue weighted by Gasteiger charge is -2.26. The third-order valence-electron chi connectivity index (χ3n) is 3.43. The summed E-state index contributed by atoms with van der Waals surface area (Å²) in [6, 6.07) is 17.5. The predicted molar refractivity (Wildman–Crippen MR) is 90.4 cm³/mol. The number of amides is 1. The molecular formula is C19H23NO2. The van der Waals surface area contributed by atoms with Crippen LogP contribution in [0, 0.1) is 6.92 Å². The van der Waals surface area contributed by atoms with Crippen molar-refractivity contribution in [3.05, 3.63) is 60.2 Å². The van der Waals surface area contributed by atoms with Gasteiger partial charge >= 0.3 is 0 Å². The second-order valence-electron chi connectivity index (χ2n) is 5.40. The van der Waals surface area contributed by atoms with Gasteiger partial charge in [-0.3, -0.25) is 4.79 Å². The largest absolute Gasteiger partial charge is 0.481 e. The van der Waals surface area contributed by atoms with E-state index in [1.54, 1.807) is 11.8 Å². The molecular weight excluding hydrogens is 274 g/mol. The second-order valence-corrected chi connectivity index (χ2v) is 5.40. The van der Waals surface area contributed by atoms with E-state index >= 15 is 0 Å². The van der Waals surface area contributed by atoms with Crippen LogP contribution in [-0.2, 0) is 4.79 Å². The summed E-state index contributed by atoms with van der Waals surface area (Å²) in [5, 5.41) is 0. The van der Waals surface area contributed by atoms with Gasteiger partial charge in [-0.2, -0.15) is 0 Å². The van der Waals surface area contributed by atoms with Gasteiger partial charge in [0.1, 0.15) is 5.75 Å². The summed E-state index contributed by atoms with van der Waals surface area (Å²) < 4.78 is 5.76. The fourth-order valence-electron chi connectivity index (χ4n) is 2.36. The summed E-state index contributed by atoms with van der Waals surface area (Å²) in [6.45, 7) is 6.58. The topological polar surface area (TPSA) is 29.5 Å². The van der Waals surface area contributed by atoms with E-state index in [1.807, 2.05) is 61.5 Å². The molecule has 0 aliphatic rings. The molecule has 0 N–H and O–H groups in total. The summed E-state index contributed by atoms with van der Waals surface area (Å²) in [4.78, 5) is 14.6. The normalized spacial score (nSPS) is 11.8. The Bertz CT molecular complexity index is 610. The molecule has 1 atom stereocenters. The fourth-order valence-corrected chi connectivity index (χ4v) is 2.36. The number of ether oxygens (including phenoxy) is 1. The van der Waals surface area contributed by atoms with Crippen LogP contribution in [0.25, 0.3) is 0 Å². The highest BCUT2D eigenvalue weighted by atomic mass is 16.5. The lowest BCUT2D eigenvalue weighted by atomic mass is 10.2. The second kappa shape index (κ2) is 7.64. The number of benzene rings is 2. The number of anilines is 1. The van der Waals surface area contributed by atoms with Gasteiger partial charge in [0.05, 0.1) is 0 Å². The van der Waals surface area contributed by atoms with Gasteiger partial charge in [0.15, 0.2) is 6.10 Å². The summed E-state index contributed by atoms with van der Waals surface area (Å²) in [5.74, 6) is 0.695. The SMILES string of the molecule is CCCN(C(=O)[C@H](C)Oc1ccccc1)c1cccc(C)c1. The highest BCUT2D eigenvalue weighted by Crippen LogP contribution is 2.19. The number of nitrogens with zero attached hydrogens (tertiary/aromatic N) is 1. The van der Waals surface area contributed by atoms with E-state index in [0.29, 0.717) is 12.3 Å². The molecule has 0 saturated carbocycles.